The van der Waals surface area contributed by atoms with Gasteiger partial charge in [-0.05, 0) is 32.6 Å². The number of aliphatic hydroxyl groups is 11. The Balaban J connectivity index is 1.66. The van der Waals surface area contributed by atoms with Crippen molar-refractivity contribution in [2.45, 2.75) is 176 Å². The standard InChI is InChI=1S/C35H61NO20/c1-8-34(4,5)12-35(6,7)56-32-26(48)28(22(44)17(11-39)51-32)54-30-18(36-14(3)40)27(21(43)16(10-38)50-30)53-33-29(24(46)20(42)15(9-37)52-33)55-31-25(47)23(45)19(41)13(2)49-31/h8,13,15-33,37-39,41-48H,1,9-12H2,2-7H3,(H,36,40)/t13?,15?,16?,17?,18?,19-,20-,21-,22-,23?,24?,25?,26?,27?,28?,29?,30-,31-,32-,33-/m0/s1. The molecule has 12 N–H and O–H groups in total. The minimum Gasteiger partial charge on any atom is -0.394 e. The van der Waals surface area contributed by atoms with Crippen molar-refractivity contribution in [3.8, 4) is 0 Å². The highest BCUT2D eigenvalue weighted by atomic mass is 16.8. The lowest BCUT2D eigenvalue weighted by Crippen LogP contribution is -2.70. The summed E-state index contributed by atoms with van der Waals surface area (Å²) in [5, 5.41) is 120. The number of hydrogen-bond acceptors (Lipinski definition) is 20. The highest BCUT2D eigenvalue weighted by Gasteiger charge is 2.56. The summed E-state index contributed by atoms with van der Waals surface area (Å²) < 4.78 is 47.0. The number of nitrogens with one attached hydrogen (secondary N) is 1. The first kappa shape index (κ1) is 47.1. The lowest BCUT2D eigenvalue weighted by Gasteiger charge is -2.50. The number of rotatable bonds is 15. The largest absolute Gasteiger partial charge is 0.394 e. The molecule has 12 unspecified atom stereocenters. The fraction of sp³-hybridized carbons (Fsp3) is 0.914. The smallest absolute Gasteiger partial charge is 0.217 e. The summed E-state index contributed by atoms with van der Waals surface area (Å²) in [4.78, 5) is 12.6. The molecule has 0 aromatic heterocycles. The number of allylic oxidation sites excluding steroid dienone is 1. The number of amides is 1. The van der Waals surface area contributed by atoms with E-state index in [0.717, 1.165) is 6.92 Å². The molecule has 0 spiro atoms. The van der Waals surface area contributed by atoms with E-state index in [-0.39, 0.29) is 0 Å². The Kier molecular flexibility index (Phi) is 16.2. The second kappa shape index (κ2) is 19.2. The molecule has 20 atom stereocenters. The monoisotopic (exact) mass is 815 g/mol. The second-order valence-electron chi connectivity index (χ2n) is 16.1. The van der Waals surface area contributed by atoms with Crippen LogP contribution in [0.25, 0.3) is 0 Å². The van der Waals surface area contributed by atoms with E-state index < -0.39 is 160 Å². The minimum atomic E-state index is -1.95. The molecule has 4 heterocycles. The van der Waals surface area contributed by atoms with Gasteiger partial charge >= 0.3 is 0 Å². The van der Waals surface area contributed by atoms with Crippen molar-refractivity contribution < 1.29 is 98.9 Å². The van der Waals surface area contributed by atoms with E-state index in [1.807, 2.05) is 13.8 Å². The van der Waals surface area contributed by atoms with Gasteiger partial charge in [0.25, 0.3) is 0 Å². The van der Waals surface area contributed by atoms with E-state index in [4.69, 9.17) is 37.9 Å². The molecule has 326 valence electrons. The van der Waals surface area contributed by atoms with E-state index in [2.05, 4.69) is 11.9 Å². The van der Waals surface area contributed by atoms with Gasteiger partial charge in [-0.2, -0.15) is 0 Å². The van der Waals surface area contributed by atoms with Gasteiger partial charge in [0.1, 0.15) is 91.5 Å². The molecule has 21 nitrogen and oxygen atoms in total. The van der Waals surface area contributed by atoms with Gasteiger partial charge in [-0.15, -0.1) is 6.58 Å². The Bertz CT molecular complexity index is 1280. The molecule has 4 aliphatic heterocycles. The summed E-state index contributed by atoms with van der Waals surface area (Å²) in [5.41, 5.74) is -1.37. The van der Waals surface area contributed by atoms with Crippen molar-refractivity contribution in [2.75, 3.05) is 19.8 Å². The SMILES string of the molecule is C=CC(C)(C)CC(C)(C)O[C@@H]1OC(CO)[C@H](O)C(O[C@@H]2OC(CO)[C@H](O)C(O[C@@H]3OC(CO)[C@H](O)C(O)C3O[C@@H]3OC(C)[C@H](O)C(O)C3O)C2NC(C)=O)C1O. The molecule has 0 saturated carbocycles. The van der Waals surface area contributed by atoms with Crippen molar-refractivity contribution in [1.29, 1.82) is 0 Å². The highest BCUT2D eigenvalue weighted by Crippen LogP contribution is 2.37. The van der Waals surface area contributed by atoms with Crippen LogP contribution in [0.4, 0.5) is 0 Å². The van der Waals surface area contributed by atoms with Crippen molar-refractivity contribution in [3.63, 3.8) is 0 Å². The third-order valence-corrected chi connectivity index (χ3v) is 10.4. The van der Waals surface area contributed by atoms with Crippen LogP contribution in [0.15, 0.2) is 12.7 Å². The summed E-state index contributed by atoms with van der Waals surface area (Å²) in [6.45, 7) is 11.2. The maximum atomic E-state index is 12.6. The maximum Gasteiger partial charge on any atom is 0.217 e. The Morgan fingerprint density at radius 2 is 1.12 bits per heavy atom. The first-order valence-corrected chi connectivity index (χ1v) is 18.5. The minimum absolute atomic E-state index is 0.406. The Morgan fingerprint density at radius 3 is 1.68 bits per heavy atom. The average molecular weight is 816 g/mol. The Morgan fingerprint density at radius 1 is 0.625 bits per heavy atom. The second-order valence-corrected chi connectivity index (χ2v) is 16.1. The predicted octanol–water partition coefficient (Wildman–Crippen LogP) is -5.17. The Labute approximate surface area is 324 Å². The fourth-order valence-electron chi connectivity index (χ4n) is 7.47. The Hall–Kier alpha value is -1.55. The van der Waals surface area contributed by atoms with Crippen molar-refractivity contribution in [1.82, 2.24) is 5.32 Å². The molecule has 4 aliphatic rings. The van der Waals surface area contributed by atoms with Crippen molar-refractivity contribution in [3.05, 3.63) is 12.7 Å². The molecule has 4 fully saturated rings. The summed E-state index contributed by atoms with van der Waals surface area (Å²) in [7, 11) is 0. The fourth-order valence-corrected chi connectivity index (χ4v) is 7.47. The third kappa shape index (κ3) is 10.6. The highest BCUT2D eigenvalue weighted by molar-refractivity contribution is 5.73. The number of aliphatic hydroxyl groups excluding tert-OH is 11. The molecule has 0 aromatic rings. The van der Waals surface area contributed by atoms with Crippen molar-refractivity contribution in [2.24, 2.45) is 5.41 Å². The third-order valence-electron chi connectivity index (χ3n) is 10.4. The van der Waals surface area contributed by atoms with Crippen LogP contribution >= 0.6 is 0 Å². The van der Waals surface area contributed by atoms with Crippen LogP contribution in [0.5, 0.6) is 0 Å². The number of ether oxygens (including phenoxy) is 8. The van der Waals surface area contributed by atoms with Crippen molar-refractivity contribution >= 4 is 5.91 Å². The molecular formula is C35H61NO20. The molecule has 56 heavy (non-hydrogen) atoms. The van der Waals surface area contributed by atoms with E-state index in [9.17, 15) is 61.0 Å². The summed E-state index contributed by atoms with van der Waals surface area (Å²) in [6.07, 6.45) is -29.7. The van der Waals surface area contributed by atoms with E-state index in [0.29, 0.717) is 6.42 Å². The summed E-state index contributed by atoms with van der Waals surface area (Å²) in [6, 6.07) is -1.58. The molecule has 0 aliphatic carbocycles. The molecule has 0 aromatic carbocycles. The molecule has 4 saturated heterocycles. The van der Waals surface area contributed by atoms with E-state index in [1.54, 1.807) is 19.9 Å². The van der Waals surface area contributed by atoms with Crippen LogP contribution < -0.4 is 5.32 Å². The number of carbonyl (C=O) groups excluding carboxylic acids is 1. The van der Waals surface area contributed by atoms with Crippen LogP contribution in [0.2, 0.25) is 0 Å². The van der Waals surface area contributed by atoms with Crippen LogP contribution in [0.3, 0.4) is 0 Å². The number of carbonyl (C=O) groups is 1. The predicted molar refractivity (Wildman–Crippen MR) is 186 cm³/mol. The number of hydrogen-bond donors (Lipinski definition) is 12. The van der Waals surface area contributed by atoms with Gasteiger partial charge in [0.05, 0.1) is 31.5 Å². The van der Waals surface area contributed by atoms with Gasteiger partial charge < -0.3 is 99.4 Å². The molecule has 0 radical (unpaired) electrons. The maximum absolute atomic E-state index is 12.6. The van der Waals surface area contributed by atoms with Gasteiger partial charge in [0.15, 0.2) is 25.2 Å². The zero-order valence-electron chi connectivity index (χ0n) is 32.3. The molecule has 0 bridgehead atoms. The first-order valence-electron chi connectivity index (χ1n) is 18.5. The molecule has 1 amide bonds. The topological polar surface area (TPSA) is 325 Å². The van der Waals surface area contributed by atoms with E-state index >= 15 is 0 Å². The van der Waals surface area contributed by atoms with Gasteiger partial charge in [-0.25, -0.2) is 0 Å². The van der Waals surface area contributed by atoms with Gasteiger partial charge in [0, 0.05) is 6.92 Å². The van der Waals surface area contributed by atoms with Gasteiger partial charge in [0.2, 0.25) is 5.91 Å². The molecular weight excluding hydrogens is 754 g/mol. The van der Waals surface area contributed by atoms with Crippen LogP contribution in [-0.2, 0) is 42.7 Å². The van der Waals surface area contributed by atoms with Crippen LogP contribution in [-0.4, -0.2) is 210 Å². The summed E-state index contributed by atoms with van der Waals surface area (Å²) in [5.74, 6) is -0.731. The van der Waals surface area contributed by atoms with Crippen LogP contribution in [0, 0.1) is 5.41 Å². The van der Waals surface area contributed by atoms with Gasteiger partial charge in [-0.1, -0.05) is 19.9 Å². The molecule has 4 rings (SSSR count). The first-order chi connectivity index (χ1) is 26.1. The van der Waals surface area contributed by atoms with Gasteiger partial charge in [-0.3, -0.25) is 4.79 Å². The van der Waals surface area contributed by atoms with Crippen LogP contribution in [0.1, 0.15) is 48.0 Å². The van der Waals surface area contributed by atoms with E-state index in [1.165, 1.54) is 6.92 Å². The lowest BCUT2D eigenvalue weighted by atomic mass is 9.82. The quantitative estimate of drug-likeness (QED) is 0.0688. The summed E-state index contributed by atoms with van der Waals surface area (Å²) >= 11 is 0. The normalized spacial score (nSPS) is 45.3. The lowest BCUT2D eigenvalue weighted by molar-refractivity contribution is -0.387. The molecule has 21 heteroatoms. The average Bonchev–Trinajstić information content (AvgIpc) is 3.13. The zero-order chi connectivity index (χ0) is 42.0. The zero-order valence-corrected chi connectivity index (χ0v) is 32.3.